The van der Waals surface area contributed by atoms with E-state index >= 15 is 0 Å². The topological polar surface area (TPSA) is 80.9 Å². The Hall–Kier alpha value is -2.11. The summed E-state index contributed by atoms with van der Waals surface area (Å²) in [5, 5.41) is 3.50. The first-order valence-corrected chi connectivity index (χ1v) is 4.27. The van der Waals surface area contributed by atoms with Crippen LogP contribution in [0.15, 0.2) is 27.9 Å². The molecule has 1 aromatic heterocycles. The fraction of sp³-hybridized carbons (Fsp3) is 0.222. The third-order valence-corrected chi connectivity index (χ3v) is 1.36. The van der Waals surface area contributed by atoms with Gasteiger partial charge in [-0.3, -0.25) is 4.79 Å². The maximum atomic E-state index is 10.9. The molecule has 1 aromatic rings. The molecule has 0 aliphatic heterocycles. The third kappa shape index (κ3) is 3.63. The number of furan rings is 1. The molecule has 0 fully saturated rings. The molecule has 0 saturated heterocycles. The standard InChI is InChI=1S/C9H10N2O4/c1-2-14-9(13)8(12)11-10-6-7-4-3-5-15-7/h3-6H,2H2,1H3,(H,11,12)/b10-6-. The van der Waals surface area contributed by atoms with E-state index in [1.807, 2.05) is 5.43 Å². The van der Waals surface area contributed by atoms with Crippen LogP contribution in [-0.2, 0) is 14.3 Å². The van der Waals surface area contributed by atoms with Crippen molar-refractivity contribution in [3.63, 3.8) is 0 Å². The molecule has 0 unspecified atom stereocenters. The van der Waals surface area contributed by atoms with E-state index in [9.17, 15) is 9.59 Å². The van der Waals surface area contributed by atoms with Crippen LogP contribution in [0.2, 0.25) is 0 Å². The van der Waals surface area contributed by atoms with Crippen molar-refractivity contribution in [2.75, 3.05) is 6.61 Å². The molecule has 6 nitrogen and oxygen atoms in total. The zero-order chi connectivity index (χ0) is 11.1. The van der Waals surface area contributed by atoms with E-state index in [1.54, 1.807) is 19.1 Å². The van der Waals surface area contributed by atoms with E-state index in [0.717, 1.165) is 0 Å². The Labute approximate surface area is 85.9 Å². The molecule has 0 saturated carbocycles. The molecule has 1 N–H and O–H groups in total. The van der Waals surface area contributed by atoms with E-state index in [-0.39, 0.29) is 6.61 Å². The molecule has 1 rings (SSSR count). The van der Waals surface area contributed by atoms with Gasteiger partial charge in [-0.15, -0.1) is 0 Å². The predicted molar refractivity (Wildman–Crippen MR) is 51.1 cm³/mol. The second kappa shape index (κ2) is 5.58. The lowest BCUT2D eigenvalue weighted by Gasteiger charge is -1.98. The monoisotopic (exact) mass is 210 g/mol. The number of hydrogen-bond acceptors (Lipinski definition) is 5. The first kappa shape index (κ1) is 11.0. The number of carbonyl (C=O) groups excluding carboxylic acids is 2. The predicted octanol–water partition coefficient (Wildman–Crippen LogP) is 0.293. The SMILES string of the molecule is CCOC(=O)C(=O)N/N=C\c1ccco1. The molecule has 0 bridgehead atoms. The van der Waals surface area contributed by atoms with Crippen molar-refractivity contribution in [3.8, 4) is 0 Å². The van der Waals surface area contributed by atoms with Crippen molar-refractivity contribution in [2.45, 2.75) is 6.92 Å². The van der Waals surface area contributed by atoms with Gasteiger partial charge in [0.2, 0.25) is 0 Å². The molecule has 0 spiro atoms. The van der Waals surface area contributed by atoms with Crippen LogP contribution < -0.4 is 5.43 Å². The Morgan fingerprint density at radius 3 is 3.07 bits per heavy atom. The van der Waals surface area contributed by atoms with Crippen LogP contribution >= 0.6 is 0 Å². The number of nitrogens with zero attached hydrogens (tertiary/aromatic N) is 1. The number of ether oxygens (including phenoxy) is 1. The number of amides is 1. The zero-order valence-corrected chi connectivity index (χ0v) is 8.10. The molecule has 0 aliphatic carbocycles. The first-order chi connectivity index (χ1) is 7.24. The lowest BCUT2D eigenvalue weighted by atomic mass is 10.5. The highest BCUT2D eigenvalue weighted by Gasteiger charge is 2.12. The molecule has 0 aliphatic rings. The van der Waals surface area contributed by atoms with Crippen LogP contribution in [0.5, 0.6) is 0 Å². The molecular weight excluding hydrogens is 200 g/mol. The second-order valence-electron chi connectivity index (χ2n) is 2.44. The van der Waals surface area contributed by atoms with Crippen LogP contribution in [-0.4, -0.2) is 24.7 Å². The van der Waals surface area contributed by atoms with Crippen molar-refractivity contribution in [1.82, 2.24) is 5.43 Å². The lowest BCUT2D eigenvalue weighted by Crippen LogP contribution is -2.28. The summed E-state index contributed by atoms with van der Waals surface area (Å²) in [7, 11) is 0. The van der Waals surface area contributed by atoms with Crippen LogP contribution in [0.4, 0.5) is 0 Å². The van der Waals surface area contributed by atoms with E-state index in [4.69, 9.17) is 4.42 Å². The molecule has 1 amide bonds. The maximum Gasteiger partial charge on any atom is 0.398 e. The van der Waals surface area contributed by atoms with Gasteiger partial charge < -0.3 is 9.15 Å². The molecule has 80 valence electrons. The average Bonchev–Trinajstić information content (AvgIpc) is 2.71. The molecule has 15 heavy (non-hydrogen) atoms. The fourth-order valence-corrected chi connectivity index (χ4v) is 0.762. The summed E-state index contributed by atoms with van der Waals surface area (Å²) in [5.74, 6) is -1.41. The van der Waals surface area contributed by atoms with Gasteiger partial charge in [0.15, 0.2) is 0 Å². The minimum Gasteiger partial charge on any atom is -0.463 e. The summed E-state index contributed by atoms with van der Waals surface area (Å²) >= 11 is 0. The van der Waals surface area contributed by atoms with E-state index < -0.39 is 11.9 Å². The summed E-state index contributed by atoms with van der Waals surface area (Å²) in [6.07, 6.45) is 2.74. The molecule has 6 heteroatoms. The largest absolute Gasteiger partial charge is 0.463 e. The minimum atomic E-state index is -0.964. The summed E-state index contributed by atoms with van der Waals surface area (Å²) in [5.41, 5.74) is 2.00. The average molecular weight is 210 g/mol. The van der Waals surface area contributed by atoms with Gasteiger partial charge in [0.05, 0.1) is 19.1 Å². The third-order valence-electron chi connectivity index (χ3n) is 1.36. The number of rotatable bonds is 3. The Morgan fingerprint density at radius 2 is 2.47 bits per heavy atom. The Morgan fingerprint density at radius 1 is 1.67 bits per heavy atom. The number of hydrogen-bond donors (Lipinski definition) is 1. The van der Waals surface area contributed by atoms with Gasteiger partial charge in [-0.2, -0.15) is 5.10 Å². The van der Waals surface area contributed by atoms with Crippen molar-refractivity contribution in [3.05, 3.63) is 24.2 Å². The number of esters is 1. The van der Waals surface area contributed by atoms with Gasteiger partial charge in [-0.05, 0) is 19.1 Å². The Bertz CT molecular complexity index is 356. The Kier molecular flexibility index (Phi) is 4.08. The van der Waals surface area contributed by atoms with Crippen molar-refractivity contribution in [1.29, 1.82) is 0 Å². The van der Waals surface area contributed by atoms with Crippen molar-refractivity contribution >= 4 is 18.1 Å². The molecule has 1 heterocycles. The quantitative estimate of drug-likeness (QED) is 0.336. The summed E-state index contributed by atoms with van der Waals surface area (Å²) in [6, 6.07) is 3.33. The van der Waals surface area contributed by atoms with Crippen LogP contribution in [0, 0.1) is 0 Å². The van der Waals surface area contributed by atoms with Crippen molar-refractivity contribution in [2.24, 2.45) is 5.10 Å². The zero-order valence-electron chi connectivity index (χ0n) is 8.10. The Balaban J connectivity index is 2.37. The van der Waals surface area contributed by atoms with Gasteiger partial charge in [0, 0.05) is 0 Å². The highest BCUT2D eigenvalue weighted by atomic mass is 16.5. The summed E-state index contributed by atoms with van der Waals surface area (Å²) in [4.78, 5) is 21.7. The van der Waals surface area contributed by atoms with E-state index in [2.05, 4.69) is 9.84 Å². The fourth-order valence-electron chi connectivity index (χ4n) is 0.762. The first-order valence-electron chi connectivity index (χ1n) is 4.27. The number of carbonyl (C=O) groups is 2. The van der Waals surface area contributed by atoms with Gasteiger partial charge >= 0.3 is 11.9 Å². The van der Waals surface area contributed by atoms with Crippen LogP contribution in [0.3, 0.4) is 0 Å². The molecule has 0 aromatic carbocycles. The lowest BCUT2D eigenvalue weighted by molar-refractivity contribution is -0.154. The van der Waals surface area contributed by atoms with Gasteiger partial charge in [-0.25, -0.2) is 10.2 Å². The van der Waals surface area contributed by atoms with Gasteiger partial charge in [-0.1, -0.05) is 0 Å². The highest BCUT2D eigenvalue weighted by molar-refractivity contribution is 6.32. The smallest absolute Gasteiger partial charge is 0.398 e. The van der Waals surface area contributed by atoms with E-state index in [1.165, 1.54) is 12.5 Å². The number of hydrazone groups is 1. The van der Waals surface area contributed by atoms with Gasteiger partial charge in [0.1, 0.15) is 5.76 Å². The van der Waals surface area contributed by atoms with Crippen LogP contribution in [0.1, 0.15) is 12.7 Å². The minimum absolute atomic E-state index is 0.147. The molecule has 0 radical (unpaired) electrons. The van der Waals surface area contributed by atoms with Crippen molar-refractivity contribution < 1.29 is 18.7 Å². The maximum absolute atomic E-state index is 10.9. The highest BCUT2D eigenvalue weighted by Crippen LogP contribution is 1.94. The number of nitrogens with one attached hydrogen (secondary N) is 1. The molecule has 0 atom stereocenters. The normalized spacial score (nSPS) is 10.2. The van der Waals surface area contributed by atoms with E-state index in [0.29, 0.717) is 5.76 Å². The second-order valence-corrected chi connectivity index (χ2v) is 2.44. The molecular formula is C9H10N2O4. The summed E-state index contributed by atoms with van der Waals surface area (Å²) < 4.78 is 9.35. The summed E-state index contributed by atoms with van der Waals surface area (Å²) in [6.45, 7) is 1.76. The van der Waals surface area contributed by atoms with Gasteiger partial charge in [0.25, 0.3) is 0 Å². The van der Waals surface area contributed by atoms with Crippen LogP contribution in [0.25, 0.3) is 0 Å².